The zero-order valence-corrected chi connectivity index (χ0v) is 6.94. The van der Waals surface area contributed by atoms with Crippen molar-refractivity contribution in [2.24, 2.45) is 0 Å². The van der Waals surface area contributed by atoms with Crippen LogP contribution in [0.3, 0.4) is 0 Å². The van der Waals surface area contributed by atoms with Crippen molar-refractivity contribution >= 4 is 0 Å². The van der Waals surface area contributed by atoms with Crippen LogP contribution in [0.25, 0.3) is 5.69 Å². The summed E-state index contributed by atoms with van der Waals surface area (Å²) in [5.74, 6) is 0. The van der Waals surface area contributed by atoms with Crippen LogP contribution in [0.2, 0.25) is 0 Å². The molecule has 1 radical (unpaired) electrons. The number of hydrogen-bond acceptors (Lipinski definition) is 1. The number of nitrogens with zero attached hydrogens (tertiary/aromatic N) is 2. The van der Waals surface area contributed by atoms with Crippen molar-refractivity contribution in [2.45, 2.75) is 0 Å². The summed E-state index contributed by atoms with van der Waals surface area (Å²) in [6.07, 6.45) is 1.87. The van der Waals surface area contributed by atoms with E-state index in [1.807, 2.05) is 41.1 Å². The van der Waals surface area contributed by atoms with Crippen molar-refractivity contribution in [3.8, 4) is 11.8 Å². The fourth-order valence-corrected chi connectivity index (χ4v) is 1.24. The lowest BCUT2D eigenvalue weighted by Crippen LogP contribution is -1.93. The average Bonchev–Trinajstić information content (AvgIpc) is 2.67. The fourth-order valence-electron chi connectivity index (χ4n) is 1.24. The van der Waals surface area contributed by atoms with E-state index in [9.17, 15) is 0 Å². The predicted octanol–water partition coefficient (Wildman–Crippen LogP) is 2.15. The number of rotatable bonds is 1. The molecule has 0 fully saturated rings. The molecule has 61 valence electrons. The second-order valence-corrected chi connectivity index (χ2v) is 2.63. The minimum Gasteiger partial charge on any atom is -0.308 e. The van der Waals surface area contributed by atoms with E-state index >= 15 is 0 Å². The molecule has 0 N–H and O–H groups in total. The highest BCUT2D eigenvalue weighted by molar-refractivity contribution is 5.38. The maximum atomic E-state index is 8.79. The van der Waals surface area contributed by atoms with Gasteiger partial charge in [-0.25, -0.2) is 0 Å². The molecule has 1 heterocycles. The zero-order valence-electron chi connectivity index (χ0n) is 6.94. The molecule has 0 aliphatic heterocycles. The molecule has 0 aliphatic rings. The average molecular weight is 167 g/mol. The first kappa shape index (κ1) is 7.63. The highest BCUT2D eigenvalue weighted by Crippen LogP contribution is 2.10. The molecular weight excluding hydrogens is 160 g/mol. The molecular formula is C11H7N2. The quantitative estimate of drug-likeness (QED) is 0.639. The van der Waals surface area contributed by atoms with Gasteiger partial charge in [-0.1, -0.05) is 12.1 Å². The lowest BCUT2D eigenvalue weighted by atomic mass is 10.3. The van der Waals surface area contributed by atoms with E-state index in [1.165, 1.54) is 0 Å². The van der Waals surface area contributed by atoms with Gasteiger partial charge in [-0.05, 0) is 30.3 Å². The van der Waals surface area contributed by atoms with Gasteiger partial charge in [-0.2, -0.15) is 5.26 Å². The van der Waals surface area contributed by atoms with Crippen LogP contribution in [-0.4, -0.2) is 4.57 Å². The first-order chi connectivity index (χ1) is 6.42. The van der Waals surface area contributed by atoms with E-state index < -0.39 is 0 Å². The van der Waals surface area contributed by atoms with E-state index in [0.717, 1.165) is 5.69 Å². The molecule has 0 spiro atoms. The SMILES string of the molecule is N#Cc1cccn1-c1cc[c]cc1. The molecule has 0 saturated heterocycles. The van der Waals surface area contributed by atoms with Crippen LogP contribution < -0.4 is 0 Å². The maximum absolute atomic E-state index is 8.79. The Labute approximate surface area is 76.7 Å². The third-order valence-corrected chi connectivity index (χ3v) is 1.84. The lowest BCUT2D eigenvalue weighted by Gasteiger charge is -2.02. The molecule has 1 aromatic carbocycles. The van der Waals surface area contributed by atoms with Gasteiger partial charge in [0.2, 0.25) is 0 Å². The first-order valence-corrected chi connectivity index (χ1v) is 3.96. The highest BCUT2D eigenvalue weighted by atomic mass is 15.0. The van der Waals surface area contributed by atoms with Gasteiger partial charge in [-0.15, -0.1) is 0 Å². The summed E-state index contributed by atoms with van der Waals surface area (Å²) < 4.78 is 1.84. The highest BCUT2D eigenvalue weighted by Gasteiger charge is 1.99. The van der Waals surface area contributed by atoms with Gasteiger partial charge in [-0.3, -0.25) is 0 Å². The van der Waals surface area contributed by atoms with Crippen LogP contribution >= 0.6 is 0 Å². The van der Waals surface area contributed by atoms with Crippen molar-refractivity contribution in [1.29, 1.82) is 5.26 Å². The summed E-state index contributed by atoms with van der Waals surface area (Å²) in [5, 5.41) is 8.79. The largest absolute Gasteiger partial charge is 0.308 e. The molecule has 0 unspecified atom stereocenters. The van der Waals surface area contributed by atoms with Crippen molar-refractivity contribution in [2.75, 3.05) is 0 Å². The molecule has 0 amide bonds. The van der Waals surface area contributed by atoms with Crippen molar-refractivity contribution < 1.29 is 0 Å². The number of hydrogen-bond donors (Lipinski definition) is 0. The van der Waals surface area contributed by atoms with Crippen LogP contribution in [0.5, 0.6) is 0 Å². The molecule has 0 aliphatic carbocycles. The number of benzene rings is 1. The van der Waals surface area contributed by atoms with Gasteiger partial charge in [0, 0.05) is 11.9 Å². The molecule has 13 heavy (non-hydrogen) atoms. The molecule has 0 bridgehead atoms. The Morgan fingerprint density at radius 3 is 2.69 bits per heavy atom. The van der Waals surface area contributed by atoms with E-state index in [-0.39, 0.29) is 0 Å². The molecule has 2 rings (SSSR count). The predicted molar refractivity (Wildman–Crippen MR) is 49.3 cm³/mol. The Bertz CT molecular complexity index is 435. The Kier molecular flexibility index (Phi) is 1.85. The maximum Gasteiger partial charge on any atom is 0.124 e. The summed E-state index contributed by atoms with van der Waals surface area (Å²) in [6.45, 7) is 0. The van der Waals surface area contributed by atoms with Crippen molar-refractivity contribution in [3.05, 3.63) is 54.4 Å². The van der Waals surface area contributed by atoms with Gasteiger partial charge in [0.25, 0.3) is 0 Å². The molecule has 2 nitrogen and oxygen atoms in total. The topological polar surface area (TPSA) is 28.7 Å². The zero-order chi connectivity index (χ0) is 9.10. The van der Waals surface area contributed by atoms with E-state index in [1.54, 1.807) is 6.07 Å². The van der Waals surface area contributed by atoms with Crippen LogP contribution in [0.4, 0.5) is 0 Å². The van der Waals surface area contributed by atoms with Gasteiger partial charge in [0.05, 0.1) is 0 Å². The monoisotopic (exact) mass is 167 g/mol. The Hall–Kier alpha value is -2.01. The Morgan fingerprint density at radius 2 is 2.00 bits per heavy atom. The second kappa shape index (κ2) is 3.16. The van der Waals surface area contributed by atoms with Crippen LogP contribution in [-0.2, 0) is 0 Å². The summed E-state index contributed by atoms with van der Waals surface area (Å²) >= 11 is 0. The number of aromatic nitrogens is 1. The third kappa shape index (κ3) is 1.32. The normalized spacial score (nSPS) is 9.46. The smallest absolute Gasteiger partial charge is 0.124 e. The van der Waals surface area contributed by atoms with Gasteiger partial charge >= 0.3 is 0 Å². The van der Waals surface area contributed by atoms with Crippen LogP contribution in [0.15, 0.2) is 42.6 Å². The minimum absolute atomic E-state index is 0.645. The fraction of sp³-hybridized carbons (Fsp3) is 0. The molecule has 2 heteroatoms. The van der Waals surface area contributed by atoms with E-state index in [0.29, 0.717) is 5.69 Å². The van der Waals surface area contributed by atoms with Crippen LogP contribution in [0, 0.1) is 17.4 Å². The Balaban J connectivity index is 2.54. The number of nitriles is 1. The summed E-state index contributed by atoms with van der Waals surface area (Å²) in [6, 6.07) is 16.2. The Morgan fingerprint density at radius 1 is 1.23 bits per heavy atom. The van der Waals surface area contributed by atoms with Gasteiger partial charge in [0.1, 0.15) is 11.8 Å². The van der Waals surface area contributed by atoms with Crippen molar-refractivity contribution in [1.82, 2.24) is 4.57 Å². The second-order valence-electron chi connectivity index (χ2n) is 2.63. The molecule has 0 atom stereocenters. The first-order valence-electron chi connectivity index (χ1n) is 3.96. The van der Waals surface area contributed by atoms with Crippen LogP contribution in [0.1, 0.15) is 5.69 Å². The lowest BCUT2D eigenvalue weighted by molar-refractivity contribution is 1.05. The van der Waals surface area contributed by atoms with Gasteiger partial charge in [0.15, 0.2) is 0 Å². The third-order valence-electron chi connectivity index (χ3n) is 1.84. The van der Waals surface area contributed by atoms with Gasteiger partial charge < -0.3 is 4.57 Å². The summed E-state index contributed by atoms with van der Waals surface area (Å²) in [5.41, 5.74) is 1.63. The van der Waals surface area contributed by atoms with E-state index in [4.69, 9.17) is 5.26 Å². The summed E-state index contributed by atoms with van der Waals surface area (Å²) in [7, 11) is 0. The van der Waals surface area contributed by atoms with Crippen molar-refractivity contribution in [3.63, 3.8) is 0 Å². The minimum atomic E-state index is 0.645. The standard InChI is InChI=1S/C11H7N2/c12-9-11-7-4-8-13(11)10-5-2-1-3-6-10/h2-8H. The molecule has 0 saturated carbocycles. The van der Waals surface area contributed by atoms with E-state index in [2.05, 4.69) is 12.1 Å². The molecule has 2 aromatic rings. The summed E-state index contributed by atoms with van der Waals surface area (Å²) in [4.78, 5) is 0. The molecule has 1 aromatic heterocycles.